The number of fused-ring (bicyclic) bond motifs is 2. The molecule has 33 heavy (non-hydrogen) atoms. The van der Waals surface area contributed by atoms with Crippen LogP contribution in [0.5, 0.6) is 23.0 Å². The molecule has 0 radical (unpaired) electrons. The lowest BCUT2D eigenvalue weighted by Crippen LogP contribution is -2.27. The standard InChI is InChI=1S/C24H24O9/c1-10-11(2)18(25)16-19(26)17(24(3,4)29)20(33-22(16)15(10)23(27)28)12-8-13(30-5)21-14(9-12)31-6-7-32-21/h8-9,25,29H,6-7H2,1-5H3,(H,27,28). The van der Waals surface area contributed by atoms with Gasteiger partial charge in [0, 0.05) is 5.56 Å². The first kappa shape index (κ1) is 22.5. The van der Waals surface area contributed by atoms with Crippen LogP contribution < -0.4 is 19.6 Å². The van der Waals surface area contributed by atoms with Crippen molar-refractivity contribution in [2.75, 3.05) is 20.3 Å². The lowest BCUT2D eigenvalue weighted by atomic mass is 9.90. The number of aromatic hydroxyl groups is 1. The fourth-order valence-corrected chi connectivity index (χ4v) is 4.07. The van der Waals surface area contributed by atoms with Crippen LogP contribution in [0, 0.1) is 13.8 Å². The Bertz CT molecular complexity index is 1340. The number of carboxylic acids is 1. The highest BCUT2D eigenvalue weighted by Crippen LogP contribution is 2.45. The monoisotopic (exact) mass is 456 g/mol. The normalized spacial score (nSPS) is 13.3. The van der Waals surface area contributed by atoms with Crippen molar-refractivity contribution >= 4 is 16.9 Å². The molecule has 1 aliphatic heterocycles. The highest BCUT2D eigenvalue weighted by Gasteiger charge is 2.33. The second kappa shape index (κ2) is 7.70. The number of ether oxygens (including phenoxy) is 3. The summed E-state index contributed by atoms with van der Waals surface area (Å²) in [5, 5.41) is 31.2. The first-order chi connectivity index (χ1) is 15.5. The van der Waals surface area contributed by atoms with E-state index in [0.29, 0.717) is 36.0 Å². The average Bonchev–Trinajstić information content (AvgIpc) is 2.75. The van der Waals surface area contributed by atoms with Crippen molar-refractivity contribution in [2.45, 2.75) is 33.3 Å². The van der Waals surface area contributed by atoms with Crippen molar-refractivity contribution < 1.29 is 38.7 Å². The van der Waals surface area contributed by atoms with Gasteiger partial charge in [0.2, 0.25) is 11.2 Å². The minimum atomic E-state index is -1.70. The molecular formula is C24H24O9. The molecule has 0 atom stereocenters. The maximum absolute atomic E-state index is 13.6. The van der Waals surface area contributed by atoms with E-state index < -0.39 is 22.7 Å². The summed E-state index contributed by atoms with van der Waals surface area (Å²) < 4.78 is 22.7. The first-order valence-corrected chi connectivity index (χ1v) is 10.2. The number of carboxylic acid groups (broad SMARTS) is 1. The van der Waals surface area contributed by atoms with Crippen LogP contribution in [0.2, 0.25) is 0 Å². The van der Waals surface area contributed by atoms with E-state index in [-0.39, 0.29) is 39.0 Å². The molecule has 0 fully saturated rings. The third-order valence-electron chi connectivity index (χ3n) is 5.78. The number of phenols is 1. The molecule has 0 spiro atoms. The zero-order valence-electron chi connectivity index (χ0n) is 18.9. The highest BCUT2D eigenvalue weighted by molar-refractivity contribution is 6.05. The number of carbonyl (C=O) groups is 1. The Morgan fingerprint density at radius 3 is 2.39 bits per heavy atom. The molecular weight excluding hydrogens is 432 g/mol. The number of methoxy groups -OCH3 is 1. The molecule has 1 aromatic heterocycles. The summed E-state index contributed by atoms with van der Waals surface area (Å²) in [6.45, 7) is 6.48. The Labute approximate surface area is 188 Å². The second-order valence-electron chi connectivity index (χ2n) is 8.38. The van der Waals surface area contributed by atoms with Crippen molar-refractivity contribution in [3.8, 4) is 34.3 Å². The van der Waals surface area contributed by atoms with Crippen LogP contribution in [0.15, 0.2) is 21.3 Å². The van der Waals surface area contributed by atoms with E-state index in [4.69, 9.17) is 18.6 Å². The van der Waals surface area contributed by atoms with E-state index in [0.717, 1.165) is 0 Å². The van der Waals surface area contributed by atoms with E-state index in [1.165, 1.54) is 34.8 Å². The van der Waals surface area contributed by atoms with Crippen LogP contribution in [0.1, 0.15) is 40.9 Å². The Hall–Kier alpha value is -3.72. The van der Waals surface area contributed by atoms with Gasteiger partial charge >= 0.3 is 5.97 Å². The van der Waals surface area contributed by atoms with E-state index in [9.17, 15) is 24.9 Å². The SMILES string of the molecule is COc1cc(-c2oc3c(C(=O)O)c(C)c(C)c(O)c3c(=O)c2C(C)(C)O)cc2c1OCCO2. The van der Waals surface area contributed by atoms with E-state index in [1.54, 1.807) is 12.1 Å². The molecule has 0 bridgehead atoms. The number of aliphatic hydroxyl groups is 1. The Morgan fingerprint density at radius 2 is 1.79 bits per heavy atom. The summed E-state index contributed by atoms with van der Waals surface area (Å²) in [4.78, 5) is 25.7. The minimum Gasteiger partial charge on any atom is -0.507 e. The maximum atomic E-state index is 13.6. The van der Waals surface area contributed by atoms with Crippen LogP contribution in [0.3, 0.4) is 0 Å². The molecule has 2 aromatic carbocycles. The summed E-state index contributed by atoms with van der Waals surface area (Å²) in [7, 11) is 1.44. The number of hydrogen-bond acceptors (Lipinski definition) is 8. The lowest BCUT2D eigenvalue weighted by Gasteiger charge is -2.24. The minimum absolute atomic E-state index is 0.0690. The summed E-state index contributed by atoms with van der Waals surface area (Å²) in [6.07, 6.45) is 0. The number of hydrogen-bond donors (Lipinski definition) is 3. The van der Waals surface area contributed by atoms with E-state index in [2.05, 4.69) is 0 Å². The molecule has 1 aliphatic rings. The average molecular weight is 456 g/mol. The molecule has 174 valence electrons. The van der Waals surface area contributed by atoms with E-state index in [1.807, 2.05) is 0 Å². The van der Waals surface area contributed by atoms with Gasteiger partial charge in [0.1, 0.15) is 35.7 Å². The molecule has 0 saturated heterocycles. The van der Waals surface area contributed by atoms with Gasteiger partial charge < -0.3 is 33.9 Å². The van der Waals surface area contributed by atoms with Crippen LogP contribution in [0.4, 0.5) is 0 Å². The number of benzene rings is 2. The van der Waals surface area contributed by atoms with Gasteiger partial charge in [0.15, 0.2) is 17.1 Å². The topological polar surface area (TPSA) is 136 Å². The van der Waals surface area contributed by atoms with Crippen molar-refractivity contribution in [2.24, 2.45) is 0 Å². The van der Waals surface area contributed by atoms with Crippen molar-refractivity contribution in [1.82, 2.24) is 0 Å². The lowest BCUT2D eigenvalue weighted by molar-refractivity contribution is 0.0697. The van der Waals surface area contributed by atoms with Gasteiger partial charge in [0.25, 0.3) is 0 Å². The van der Waals surface area contributed by atoms with Crippen LogP contribution in [0.25, 0.3) is 22.3 Å². The quantitative estimate of drug-likeness (QED) is 0.539. The molecule has 0 unspecified atom stereocenters. The van der Waals surface area contributed by atoms with Crippen LogP contribution >= 0.6 is 0 Å². The van der Waals surface area contributed by atoms with Gasteiger partial charge in [-0.25, -0.2) is 4.79 Å². The third kappa shape index (κ3) is 3.45. The summed E-state index contributed by atoms with van der Waals surface area (Å²) in [5.74, 6) is -0.728. The number of phenolic OH excluding ortho intramolecular Hbond substituents is 1. The molecule has 3 N–H and O–H groups in total. The Balaban J connectivity index is 2.20. The molecule has 4 rings (SSSR count). The van der Waals surface area contributed by atoms with Crippen molar-refractivity contribution in [3.63, 3.8) is 0 Å². The highest BCUT2D eigenvalue weighted by atomic mass is 16.6. The molecule has 0 amide bonds. The van der Waals surface area contributed by atoms with Crippen molar-refractivity contribution in [3.05, 3.63) is 44.6 Å². The van der Waals surface area contributed by atoms with Crippen LogP contribution in [-0.2, 0) is 5.60 Å². The van der Waals surface area contributed by atoms with Crippen molar-refractivity contribution in [1.29, 1.82) is 0 Å². The summed E-state index contributed by atoms with van der Waals surface area (Å²) in [5.41, 5.74) is -2.31. The smallest absolute Gasteiger partial charge is 0.339 e. The van der Waals surface area contributed by atoms with Gasteiger partial charge in [-0.15, -0.1) is 0 Å². The zero-order valence-corrected chi connectivity index (χ0v) is 18.9. The molecule has 0 saturated carbocycles. The zero-order chi connectivity index (χ0) is 24.2. The summed E-state index contributed by atoms with van der Waals surface area (Å²) >= 11 is 0. The predicted octanol–water partition coefficient (Wildman–Crippen LogP) is 3.49. The summed E-state index contributed by atoms with van der Waals surface area (Å²) in [6, 6.07) is 3.12. The Kier molecular flexibility index (Phi) is 5.24. The van der Waals surface area contributed by atoms with Crippen LogP contribution in [-0.4, -0.2) is 41.6 Å². The third-order valence-corrected chi connectivity index (χ3v) is 5.78. The van der Waals surface area contributed by atoms with Gasteiger partial charge in [-0.3, -0.25) is 4.79 Å². The van der Waals surface area contributed by atoms with Gasteiger partial charge in [-0.2, -0.15) is 0 Å². The van der Waals surface area contributed by atoms with Gasteiger partial charge in [-0.1, -0.05) is 0 Å². The Morgan fingerprint density at radius 1 is 1.12 bits per heavy atom. The number of aromatic carboxylic acids is 1. The molecule has 3 aromatic rings. The fraction of sp³-hybridized carbons (Fsp3) is 0.333. The van der Waals surface area contributed by atoms with Gasteiger partial charge in [0.05, 0.1) is 18.3 Å². The molecule has 9 heteroatoms. The molecule has 0 aliphatic carbocycles. The molecule has 2 heterocycles. The van der Waals surface area contributed by atoms with E-state index >= 15 is 0 Å². The number of rotatable bonds is 4. The largest absolute Gasteiger partial charge is 0.507 e. The molecule has 9 nitrogen and oxygen atoms in total. The predicted molar refractivity (Wildman–Crippen MR) is 119 cm³/mol. The maximum Gasteiger partial charge on any atom is 0.339 e. The fourth-order valence-electron chi connectivity index (χ4n) is 4.07. The van der Waals surface area contributed by atoms with Gasteiger partial charge in [-0.05, 0) is 51.0 Å². The first-order valence-electron chi connectivity index (χ1n) is 10.2. The second-order valence-corrected chi connectivity index (χ2v) is 8.38.